The summed E-state index contributed by atoms with van der Waals surface area (Å²) in [5.41, 5.74) is -1.76. The van der Waals surface area contributed by atoms with E-state index in [0.717, 1.165) is 24.3 Å². The van der Waals surface area contributed by atoms with Gasteiger partial charge in [-0.25, -0.2) is 0 Å². The van der Waals surface area contributed by atoms with Gasteiger partial charge in [0.1, 0.15) is 71.3 Å². The van der Waals surface area contributed by atoms with Gasteiger partial charge in [-0.05, 0) is 12.1 Å². The lowest BCUT2D eigenvalue weighted by molar-refractivity contribution is -0.323. The van der Waals surface area contributed by atoms with E-state index >= 15 is 0 Å². The van der Waals surface area contributed by atoms with Gasteiger partial charge < -0.3 is 84.6 Å². The maximum absolute atomic E-state index is 12.9. The molecule has 2 aliphatic rings. The monoisotopic (exact) mass is 642 g/mol. The van der Waals surface area contributed by atoms with Crippen LogP contribution in [0.2, 0.25) is 0 Å². The second kappa shape index (κ2) is 12.4. The van der Waals surface area contributed by atoms with Crippen molar-refractivity contribution in [2.45, 2.75) is 61.4 Å². The summed E-state index contributed by atoms with van der Waals surface area (Å²) in [4.78, 5) is 12.9. The van der Waals surface area contributed by atoms with Gasteiger partial charge in [-0.15, -0.1) is 0 Å². The summed E-state index contributed by atoms with van der Waals surface area (Å²) in [6.07, 6.45) is -16.9. The van der Waals surface area contributed by atoms with Crippen LogP contribution in [0.15, 0.2) is 33.5 Å². The van der Waals surface area contributed by atoms with E-state index in [0.29, 0.717) is 0 Å². The van der Waals surface area contributed by atoms with Crippen LogP contribution >= 0.6 is 0 Å². The maximum Gasteiger partial charge on any atom is 0.238 e. The molecule has 2 saturated heterocycles. The van der Waals surface area contributed by atoms with Crippen molar-refractivity contribution < 1.29 is 84.6 Å². The van der Waals surface area contributed by atoms with Crippen molar-refractivity contribution in [3.63, 3.8) is 0 Å². The van der Waals surface area contributed by atoms with Crippen molar-refractivity contribution in [1.82, 2.24) is 0 Å². The number of rotatable bonds is 7. The van der Waals surface area contributed by atoms with Crippen LogP contribution in [0.25, 0.3) is 22.3 Å². The fourth-order valence-electron chi connectivity index (χ4n) is 4.94. The van der Waals surface area contributed by atoms with Gasteiger partial charge >= 0.3 is 0 Å². The van der Waals surface area contributed by atoms with E-state index in [-0.39, 0.29) is 11.3 Å². The second-order valence-electron chi connectivity index (χ2n) is 10.5. The third-order valence-electron chi connectivity index (χ3n) is 7.45. The molecule has 45 heavy (non-hydrogen) atoms. The first kappa shape index (κ1) is 32.4. The highest BCUT2D eigenvalue weighted by molar-refractivity contribution is 5.88. The standard InChI is InChI=1S/C27H30O18/c28-5-13-17(33)20(36)23(39)26(44-13)41-6-14-18(34)21(37)24(40)27(45-14)42-8-3-9(29)15-12(4-8)43-25(22(38)19(15)35)7-1-10(30)16(32)11(31)2-7/h1-4,13-14,17-18,20-21,23-24,26-34,36-40H,5-6H2. The SMILES string of the molecule is O=c1c(O)c(-c2cc(O)c(O)c(O)c2)oc2cc(OC3OC(COC4OC(CO)C(O)C(O)C4O)C(O)C(O)C3O)cc(O)c12. The van der Waals surface area contributed by atoms with Crippen molar-refractivity contribution in [1.29, 1.82) is 0 Å². The summed E-state index contributed by atoms with van der Waals surface area (Å²) >= 11 is 0. The van der Waals surface area contributed by atoms with Gasteiger partial charge in [-0.1, -0.05) is 0 Å². The molecule has 2 aromatic carbocycles. The highest BCUT2D eigenvalue weighted by atomic mass is 16.7. The molecule has 10 unspecified atom stereocenters. The van der Waals surface area contributed by atoms with E-state index < -0.39 is 126 Å². The van der Waals surface area contributed by atoms with Gasteiger partial charge in [0.05, 0.1) is 13.2 Å². The van der Waals surface area contributed by atoms with Crippen LogP contribution in [-0.2, 0) is 14.2 Å². The minimum absolute atomic E-state index is 0.240. The summed E-state index contributed by atoms with van der Waals surface area (Å²) in [5.74, 6) is -5.15. The molecule has 12 N–H and O–H groups in total. The topological polar surface area (TPSA) is 310 Å². The van der Waals surface area contributed by atoms with Crippen LogP contribution in [0.5, 0.6) is 34.5 Å². The molecule has 10 atom stereocenters. The average Bonchev–Trinajstić information content (AvgIpc) is 3.00. The van der Waals surface area contributed by atoms with Gasteiger partial charge in [0, 0.05) is 17.7 Å². The number of aromatic hydroxyl groups is 5. The predicted molar refractivity (Wildman–Crippen MR) is 143 cm³/mol. The van der Waals surface area contributed by atoms with Crippen molar-refractivity contribution >= 4 is 11.0 Å². The Bertz CT molecular complexity index is 1580. The molecule has 3 heterocycles. The van der Waals surface area contributed by atoms with Gasteiger partial charge in [0.2, 0.25) is 17.5 Å². The van der Waals surface area contributed by atoms with Crippen LogP contribution in [0.1, 0.15) is 0 Å². The fourth-order valence-corrected chi connectivity index (χ4v) is 4.94. The number of phenolic OH excluding ortho intramolecular Hbond substituents is 4. The Morgan fingerprint density at radius 1 is 0.667 bits per heavy atom. The Hall–Kier alpha value is -3.95. The molecule has 246 valence electrons. The summed E-state index contributed by atoms with van der Waals surface area (Å²) in [5, 5.41) is 121. The molecule has 0 aliphatic carbocycles. The first-order valence-corrected chi connectivity index (χ1v) is 13.3. The lowest BCUT2D eigenvalue weighted by Crippen LogP contribution is -2.62. The Balaban J connectivity index is 1.39. The Kier molecular flexibility index (Phi) is 8.97. The van der Waals surface area contributed by atoms with Crippen molar-refractivity contribution in [2.24, 2.45) is 0 Å². The number of aliphatic hydroxyl groups is 7. The number of phenols is 4. The fraction of sp³-hybridized carbons (Fsp3) is 0.444. The maximum atomic E-state index is 12.9. The Labute approximate surface area is 250 Å². The largest absolute Gasteiger partial charge is 0.507 e. The first-order chi connectivity index (χ1) is 21.2. The number of benzene rings is 2. The molecule has 0 bridgehead atoms. The van der Waals surface area contributed by atoms with Gasteiger partial charge in [-0.2, -0.15) is 0 Å². The van der Waals surface area contributed by atoms with Crippen LogP contribution in [0, 0.1) is 0 Å². The normalized spacial score (nSPS) is 32.1. The lowest BCUT2D eigenvalue weighted by atomic mass is 9.98. The molecule has 2 fully saturated rings. The molecule has 0 spiro atoms. The highest BCUT2D eigenvalue weighted by Gasteiger charge is 2.48. The zero-order chi connectivity index (χ0) is 32.9. The highest BCUT2D eigenvalue weighted by Crippen LogP contribution is 2.42. The van der Waals surface area contributed by atoms with Crippen LogP contribution in [0.4, 0.5) is 0 Å². The van der Waals surface area contributed by atoms with Crippen LogP contribution in [-0.4, -0.2) is 136 Å². The first-order valence-electron chi connectivity index (χ1n) is 13.3. The van der Waals surface area contributed by atoms with E-state index in [9.17, 15) is 66.1 Å². The third kappa shape index (κ3) is 5.91. The molecule has 18 nitrogen and oxygen atoms in total. The molecule has 5 rings (SSSR count). The molecular weight excluding hydrogens is 612 g/mol. The number of ether oxygens (including phenoxy) is 4. The predicted octanol–water partition coefficient (Wildman–Crippen LogP) is -3.01. The number of hydrogen-bond donors (Lipinski definition) is 12. The minimum Gasteiger partial charge on any atom is -0.507 e. The van der Waals surface area contributed by atoms with E-state index in [1.165, 1.54) is 0 Å². The Morgan fingerprint density at radius 2 is 1.24 bits per heavy atom. The van der Waals surface area contributed by atoms with Crippen LogP contribution in [0.3, 0.4) is 0 Å². The molecule has 1 aromatic heterocycles. The lowest BCUT2D eigenvalue weighted by Gasteiger charge is -2.42. The average molecular weight is 643 g/mol. The number of fused-ring (bicyclic) bond motifs is 1. The van der Waals surface area contributed by atoms with E-state index in [4.69, 9.17) is 23.4 Å². The van der Waals surface area contributed by atoms with Crippen molar-refractivity contribution in [3.8, 4) is 45.8 Å². The molecule has 0 amide bonds. The second-order valence-corrected chi connectivity index (χ2v) is 10.5. The zero-order valence-electron chi connectivity index (χ0n) is 22.8. The summed E-state index contributed by atoms with van der Waals surface area (Å²) < 4.78 is 27.3. The van der Waals surface area contributed by atoms with Crippen LogP contribution < -0.4 is 10.2 Å². The van der Waals surface area contributed by atoms with Crippen molar-refractivity contribution in [2.75, 3.05) is 13.2 Å². The third-order valence-corrected chi connectivity index (χ3v) is 7.45. The van der Waals surface area contributed by atoms with Crippen molar-refractivity contribution in [3.05, 3.63) is 34.5 Å². The Morgan fingerprint density at radius 3 is 1.87 bits per heavy atom. The van der Waals surface area contributed by atoms with E-state index in [1.54, 1.807) is 0 Å². The molecular formula is C27H30O18. The quantitative estimate of drug-likeness (QED) is 0.114. The minimum atomic E-state index is -1.90. The van der Waals surface area contributed by atoms with Gasteiger partial charge in [0.15, 0.2) is 29.3 Å². The number of aliphatic hydroxyl groups excluding tert-OH is 7. The molecule has 2 aliphatic heterocycles. The van der Waals surface area contributed by atoms with E-state index in [2.05, 4.69) is 0 Å². The molecule has 0 saturated carbocycles. The number of hydrogen-bond acceptors (Lipinski definition) is 18. The van der Waals surface area contributed by atoms with E-state index in [1.807, 2.05) is 0 Å². The molecule has 0 radical (unpaired) electrons. The summed E-state index contributed by atoms with van der Waals surface area (Å²) in [7, 11) is 0. The summed E-state index contributed by atoms with van der Waals surface area (Å²) in [6.45, 7) is -1.37. The summed E-state index contributed by atoms with van der Waals surface area (Å²) in [6, 6.07) is 3.69. The smallest absolute Gasteiger partial charge is 0.238 e. The van der Waals surface area contributed by atoms with Gasteiger partial charge in [-0.3, -0.25) is 4.79 Å². The van der Waals surface area contributed by atoms with Gasteiger partial charge in [0.25, 0.3) is 0 Å². The molecule has 18 heteroatoms. The molecule has 3 aromatic rings. The zero-order valence-corrected chi connectivity index (χ0v) is 22.8.